The molecule has 0 unspecified atom stereocenters. The van der Waals surface area contributed by atoms with Crippen molar-refractivity contribution in [1.82, 2.24) is 4.57 Å². The number of fused-ring (bicyclic) bond motifs is 2. The molecule has 0 spiro atoms. The Labute approximate surface area is 232 Å². The second-order valence-electron chi connectivity index (χ2n) is 9.81. The van der Waals surface area contributed by atoms with Crippen LogP contribution in [0.4, 0.5) is 13.2 Å². The minimum Gasteiger partial charge on any atom is -0.478 e. The number of ketones is 1. The highest BCUT2D eigenvalue weighted by molar-refractivity contribution is 6.30. The molecule has 0 radical (unpaired) electrons. The van der Waals surface area contributed by atoms with Crippen molar-refractivity contribution >= 4 is 34.3 Å². The zero-order chi connectivity index (χ0) is 28.8. The van der Waals surface area contributed by atoms with Gasteiger partial charge in [0, 0.05) is 40.7 Å². The van der Waals surface area contributed by atoms with Gasteiger partial charge in [-0.2, -0.15) is 0 Å². The normalized spacial score (nSPS) is 16.9. The average Bonchev–Trinajstić information content (AvgIpc) is 3.17. The van der Waals surface area contributed by atoms with Gasteiger partial charge >= 0.3 is 12.3 Å². The number of aromatic nitrogens is 1. The molecule has 5 rings (SSSR count). The molecule has 0 amide bonds. The van der Waals surface area contributed by atoms with E-state index in [-0.39, 0.29) is 12.3 Å². The van der Waals surface area contributed by atoms with Crippen molar-refractivity contribution in [2.45, 2.75) is 51.6 Å². The molecule has 0 bridgehead atoms. The third-order valence-corrected chi connectivity index (χ3v) is 7.65. The van der Waals surface area contributed by atoms with E-state index in [0.29, 0.717) is 57.8 Å². The molecule has 10 heteroatoms. The van der Waals surface area contributed by atoms with Gasteiger partial charge in [-0.1, -0.05) is 30.7 Å². The number of carboxylic acids is 1. The summed E-state index contributed by atoms with van der Waals surface area (Å²) in [7, 11) is 0. The van der Waals surface area contributed by atoms with Crippen molar-refractivity contribution in [2.24, 2.45) is 0 Å². The van der Waals surface area contributed by atoms with E-state index in [2.05, 4.69) is 4.74 Å². The lowest BCUT2D eigenvalue weighted by Crippen LogP contribution is -2.46. The zero-order valence-electron chi connectivity index (χ0n) is 21.6. The SMILES string of the molecule is CC[C@@]1(C(=O)O)CCc2ccc(Cn3c(C)c(C(=O)c4ccc(Cl)cc4)c4ccc(OC(F)(F)F)cc43)cc2O1. The molecule has 208 valence electrons. The summed E-state index contributed by atoms with van der Waals surface area (Å²) in [6.45, 7) is 3.68. The van der Waals surface area contributed by atoms with Crippen molar-refractivity contribution in [3.8, 4) is 11.5 Å². The molecule has 2 heterocycles. The van der Waals surface area contributed by atoms with E-state index in [0.717, 1.165) is 11.1 Å². The highest BCUT2D eigenvalue weighted by atomic mass is 35.5. The largest absolute Gasteiger partial charge is 0.573 e. The molecule has 0 saturated heterocycles. The standard InChI is InChI=1S/C30H25ClF3NO5/c1-3-29(28(37)38)13-12-19-5-4-18(14-25(19)40-29)16-35-17(2)26(27(36)20-6-8-21(31)9-7-20)23-11-10-22(15-24(23)35)39-30(32,33)34/h4-11,14-15H,3,12-13,16H2,1-2H3,(H,37,38)/t29-/m0/s1. The van der Waals surface area contributed by atoms with E-state index in [1.54, 1.807) is 48.7 Å². The average molecular weight is 572 g/mol. The van der Waals surface area contributed by atoms with Crippen LogP contribution in [0.5, 0.6) is 11.5 Å². The summed E-state index contributed by atoms with van der Waals surface area (Å²) < 4.78 is 50.9. The van der Waals surface area contributed by atoms with Gasteiger partial charge in [0.05, 0.1) is 11.1 Å². The molecule has 4 aromatic rings. The van der Waals surface area contributed by atoms with Gasteiger partial charge in [-0.05, 0) is 73.4 Å². The minimum atomic E-state index is -4.88. The molecule has 1 N–H and O–H groups in total. The molecule has 0 aliphatic carbocycles. The summed E-state index contributed by atoms with van der Waals surface area (Å²) in [5.41, 5.74) is 1.94. The van der Waals surface area contributed by atoms with Crippen molar-refractivity contribution in [1.29, 1.82) is 0 Å². The van der Waals surface area contributed by atoms with Gasteiger partial charge in [-0.3, -0.25) is 4.79 Å². The van der Waals surface area contributed by atoms with Crippen LogP contribution < -0.4 is 9.47 Å². The van der Waals surface area contributed by atoms with Crippen LogP contribution in [0.25, 0.3) is 10.9 Å². The number of aryl methyl sites for hydroxylation is 1. The monoisotopic (exact) mass is 571 g/mol. The van der Waals surface area contributed by atoms with Gasteiger partial charge in [0.1, 0.15) is 11.5 Å². The van der Waals surface area contributed by atoms with E-state index in [4.69, 9.17) is 16.3 Å². The fourth-order valence-electron chi connectivity index (χ4n) is 5.22. The number of carbonyl (C=O) groups is 2. The molecular formula is C30H25ClF3NO5. The van der Waals surface area contributed by atoms with Crippen molar-refractivity contribution in [3.63, 3.8) is 0 Å². The van der Waals surface area contributed by atoms with Crippen LogP contribution in [0.1, 0.15) is 52.5 Å². The first-order chi connectivity index (χ1) is 18.9. The topological polar surface area (TPSA) is 77.8 Å². The number of hydrogen-bond donors (Lipinski definition) is 1. The van der Waals surface area contributed by atoms with Crippen molar-refractivity contribution in [3.05, 3.63) is 93.6 Å². The third kappa shape index (κ3) is 5.13. The zero-order valence-corrected chi connectivity index (χ0v) is 22.4. The predicted molar refractivity (Wildman–Crippen MR) is 143 cm³/mol. The molecule has 1 aliphatic heterocycles. The van der Waals surface area contributed by atoms with Crippen LogP contribution in [-0.4, -0.2) is 33.4 Å². The molecule has 6 nitrogen and oxygen atoms in total. The van der Waals surface area contributed by atoms with E-state index in [9.17, 15) is 27.9 Å². The molecule has 1 atom stereocenters. The Morgan fingerprint density at radius 2 is 1.82 bits per heavy atom. The maximum atomic E-state index is 13.6. The number of hydrogen-bond acceptors (Lipinski definition) is 4. The number of alkyl halides is 3. The number of rotatable bonds is 7. The maximum Gasteiger partial charge on any atom is 0.573 e. The Morgan fingerprint density at radius 1 is 1.10 bits per heavy atom. The Hall–Kier alpha value is -3.98. The second kappa shape index (κ2) is 10.2. The first kappa shape index (κ1) is 27.6. The first-order valence-corrected chi connectivity index (χ1v) is 13.0. The van der Waals surface area contributed by atoms with Crippen LogP contribution in [0.2, 0.25) is 5.02 Å². The number of aliphatic carboxylic acids is 1. The van der Waals surface area contributed by atoms with Crippen LogP contribution in [0.3, 0.4) is 0 Å². The molecule has 40 heavy (non-hydrogen) atoms. The smallest absolute Gasteiger partial charge is 0.478 e. The molecule has 0 fully saturated rings. The van der Waals surface area contributed by atoms with E-state index in [1.165, 1.54) is 18.2 Å². The number of carbonyl (C=O) groups excluding carboxylic acids is 1. The summed E-state index contributed by atoms with van der Waals surface area (Å²) in [5, 5.41) is 10.7. The Kier molecular flexibility index (Phi) is 7.04. The van der Waals surface area contributed by atoms with E-state index in [1.807, 2.05) is 12.1 Å². The number of benzene rings is 3. The lowest BCUT2D eigenvalue weighted by Gasteiger charge is -2.34. The van der Waals surface area contributed by atoms with Crippen LogP contribution in [0, 0.1) is 6.92 Å². The summed E-state index contributed by atoms with van der Waals surface area (Å²) in [4.78, 5) is 25.5. The molecule has 0 saturated carbocycles. The lowest BCUT2D eigenvalue weighted by atomic mass is 9.88. The first-order valence-electron chi connectivity index (χ1n) is 12.6. The van der Waals surface area contributed by atoms with Gasteiger partial charge in [-0.25, -0.2) is 4.79 Å². The van der Waals surface area contributed by atoms with Crippen LogP contribution >= 0.6 is 11.6 Å². The quantitative estimate of drug-likeness (QED) is 0.235. The summed E-state index contributed by atoms with van der Waals surface area (Å²) in [6.07, 6.45) is -3.69. The number of carboxylic acid groups (broad SMARTS) is 1. The highest BCUT2D eigenvalue weighted by Crippen LogP contribution is 2.38. The Bertz CT molecular complexity index is 1630. The maximum absolute atomic E-state index is 13.6. The van der Waals surface area contributed by atoms with Crippen LogP contribution in [-0.2, 0) is 17.8 Å². The Morgan fingerprint density at radius 3 is 2.48 bits per heavy atom. The highest BCUT2D eigenvalue weighted by Gasteiger charge is 2.42. The minimum absolute atomic E-state index is 0.189. The summed E-state index contributed by atoms with van der Waals surface area (Å²) >= 11 is 5.98. The van der Waals surface area contributed by atoms with Crippen molar-refractivity contribution in [2.75, 3.05) is 0 Å². The number of halogens is 4. The van der Waals surface area contributed by atoms with Gasteiger partial charge < -0.3 is 19.1 Å². The van der Waals surface area contributed by atoms with Gasteiger partial charge in [-0.15, -0.1) is 13.2 Å². The molecule has 1 aliphatic rings. The fraction of sp³-hybridized carbons (Fsp3) is 0.267. The van der Waals surface area contributed by atoms with E-state index < -0.39 is 23.7 Å². The number of ether oxygens (including phenoxy) is 2. The van der Waals surface area contributed by atoms with Crippen LogP contribution in [0.15, 0.2) is 60.7 Å². The summed E-state index contributed by atoms with van der Waals surface area (Å²) in [6, 6.07) is 15.8. The fourth-order valence-corrected chi connectivity index (χ4v) is 5.35. The molecule has 3 aromatic carbocycles. The van der Waals surface area contributed by atoms with Crippen molar-refractivity contribution < 1.29 is 37.3 Å². The van der Waals surface area contributed by atoms with Gasteiger partial charge in [0.15, 0.2) is 5.78 Å². The Balaban J connectivity index is 1.60. The molecule has 1 aromatic heterocycles. The van der Waals surface area contributed by atoms with Gasteiger partial charge in [0.25, 0.3) is 0 Å². The summed E-state index contributed by atoms with van der Waals surface area (Å²) in [5.74, 6) is -1.28. The van der Waals surface area contributed by atoms with E-state index >= 15 is 0 Å². The molecular weight excluding hydrogens is 547 g/mol. The predicted octanol–water partition coefficient (Wildman–Crippen LogP) is 7.34. The number of nitrogens with zero attached hydrogens (tertiary/aromatic N) is 1. The lowest BCUT2D eigenvalue weighted by molar-refractivity contribution is -0.274. The van der Waals surface area contributed by atoms with Gasteiger partial charge in [0.2, 0.25) is 5.60 Å². The third-order valence-electron chi connectivity index (χ3n) is 7.40. The second-order valence-corrected chi connectivity index (χ2v) is 10.2.